The van der Waals surface area contributed by atoms with Crippen LogP contribution < -0.4 is 4.74 Å². The first-order valence-electron chi connectivity index (χ1n) is 5.27. The molecule has 0 radical (unpaired) electrons. The topological polar surface area (TPSA) is 105 Å². The highest BCUT2D eigenvalue weighted by molar-refractivity contribution is 7.84. The van der Waals surface area contributed by atoms with Gasteiger partial charge in [-0.1, -0.05) is 22.4 Å². The molecule has 0 amide bonds. The highest BCUT2D eigenvalue weighted by Crippen LogP contribution is 2.14. The number of nitrogens with zero attached hydrogens (tertiary/aromatic N) is 2. The molecular weight excluding hydrogens is 270 g/mol. The fourth-order valence-corrected chi connectivity index (χ4v) is 1.91. The van der Waals surface area contributed by atoms with Crippen molar-refractivity contribution in [3.63, 3.8) is 0 Å². The maximum atomic E-state index is 11.2. The molecule has 0 spiro atoms. The van der Waals surface area contributed by atoms with E-state index in [0.717, 1.165) is 10.5 Å². The van der Waals surface area contributed by atoms with Gasteiger partial charge in [0.25, 0.3) is 5.88 Å². The SMILES string of the molecule is CS(=O)c1ccc(COc2nn[nH]c2C(=O)O)cc1. The van der Waals surface area contributed by atoms with E-state index in [4.69, 9.17) is 9.84 Å². The lowest BCUT2D eigenvalue weighted by Crippen LogP contribution is -2.03. The molecule has 0 aliphatic heterocycles. The minimum Gasteiger partial charge on any atom is -0.476 e. The first-order valence-corrected chi connectivity index (χ1v) is 6.83. The maximum absolute atomic E-state index is 11.2. The van der Waals surface area contributed by atoms with Crippen LogP contribution in [0.1, 0.15) is 16.1 Å². The molecule has 0 bridgehead atoms. The van der Waals surface area contributed by atoms with Gasteiger partial charge in [-0.15, -0.1) is 0 Å². The fourth-order valence-electron chi connectivity index (χ4n) is 1.39. The van der Waals surface area contributed by atoms with Gasteiger partial charge in [0.1, 0.15) is 6.61 Å². The second-order valence-corrected chi connectivity index (χ2v) is 5.06. The lowest BCUT2D eigenvalue weighted by atomic mass is 10.2. The normalized spacial score (nSPS) is 12.1. The summed E-state index contributed by atoms with van der Waals surface area (Å²) in [6.45, 7) is 0.156. The van der Waals surface area contributed by atoms with Crippen LogP contribution in [0.25, 0.3) is 0 Å². The van der Waals surface area contributed by atoms with Crippen LogP contribution in [0.2, 0.25) is 0 Å². The van der Waals surface area contributed by atoms with E-state index < -0.39 is 16.8 Å². The molecule has 2 N–H and O–H groups in total. The first-order chi connectivity index (χ1) is 9.08. The van der Waals surface area contributed by atoms with Gasteiger partial charge in [-0.05, 0) is 17.7 Å². The number of H-pyrrole nitrogens is 1. The van der Waals surface area contributed by atoms with E-state index in [1.165, 1.54) is 0 Å². The molecule has 0 saturated heterocycles. The van der Waals surface area contributed by atoms with Crippen LogP contribution in [0.3, 0.4) is 0 Å². The summed E-state index contributed by atoms with van der Waals surface area (Å²) in [4.78, 5) is 11.5. The van der Waals surface area contributed by atoms with Gasteiger partial charge in [-0.25, -0.2) is 9.89 Å². The van der Waals surface area contributed by atoms with E-state index in [0.29, 0.717) is 0 Å². The Morgan fingerprint density at radius 1 is 1.42 bits per heavy atom. The Balaban J connectivity index is 2.04. The molecule has 7 nitrogen and oxygen atoms in total. The summed E-state index contributed by atoms with van der Waals surface area (Å²) in [5, 5.41) is 18.0. The summed E-state index contributed by atoms with van der Waals surface area (Å²) in [7, 11) is -1.03. The number of carbonyl (C=O) groups is 1. The number of ether oxygens (including phenoxy) is 1. The zero-order valence-electron chi connectivity index (χ0n) is 9.99. The lowest BCUT2D eigenvalue weighted by Gasteiger charge is -2.04. The molecule has 1 aromatic heterocycles. The second kappa shape index (κ2) is 5.61. The number of carboxylic acid groups (broad SMARTS) is 1. The molecule has 1 unspecified atom stereocenters. The molecule has 0 fully saturated rings. The Morgan fingerprint density at radius 3 is 2.68 bits per heavy atom. The average molecular weight is 281 g/mol. The van der Waals surface area contributed by atoms with E-state index in [2.05, 4.69) is 15.4 Å². The largest absolute Gasteiger partial charge is 0.476 e. The van der Waals surface area contributed by atoms with Gasteiger partial charge >= 0.3 is 5.97 Å². The summed E-state index contributed by atoms with van der Waals surface area (Å²) >= 11 is 0. The number of aromatic amines is 1. The Labute approximate surface area is 111 Å². The van der Waals surface area contributed by atoms with Crippen LogP contribution >= 0.6 is 0 Å². The molecule has 100 valence electrons. The third-order valence-corrected chi connectivity index (χ3v) is 3.30. The van der Waals surface area contributed by atoms with Gasteiger partial charge in [0, 0.05) is 22.0 Å². The molecule has 0 aliphatic carbocycles. The van der Waals surface area contributed by atoms with Crippen LogP contribution in [0.5, 0.6) is 5.88 Å². The van der Waals surface area contributed by atoms with Crippen LogP contribution in [-0.2, 0) is 17.4 Å². The minimum atomic E-state index is -1.18. The number of carboxylic acids is 1. The number of rotatable bonds is 5. The van der Waals surface area contributed by atoms with E-state index in [1.807, 2.05) is 0 Å². The first kappa shape index (κ1) is 13.2. The predicted octanol–water partition coefficient (Wildman–Crippen LogP) is 0.819. The summed E-state index contributed by atoms with van der Waals surface area (Å²) in [5.41, 5.74) is 0.625. The maximum Gasteiger partial charge on any atom is 0.359 e. The molecule has 1 aromatic carbocycles. The lowest BCUT2D eigenvalue weighted by molar-refractivity contribution is 0.0685. The number of aromatic carboxylic acids is 1. The van der Waals surface area contributed by atoms with Gasteiger partial charge in [0.2, 0.25) is 5.69 Å². The molecule has 0 aliphatic rings. The molecule has 19 heavy (non-hydrogen) atoms. The summed E-state index contributed by atoms with van der Waals surface area (Å²) < 4.78 is 16.5. The highest BCUT2D eigenvalue weighted by atomic mass is 32.2. The second-order valence-electron chi connectivity index (χ2n) is 3.68. The van der Waals surface area contributed by atoms with Crippen LogP contribution in [0.4, 0.5) is 0 Å². The van der Waals surface area contributed by atoms with E-state index in [9.17, 15) is 9.00 Å². The van der Waals surface area contributed by atoms with Crippen molar-refractivity contribution in [2.45, 2.75) is 11.5 Å². The zero-order chi connectivity index (χ0) is 13.8. The van der Waals surface area contributed by atoms with Crippen molar-refractivity contribution in [1.82, 2.24) is 15.4 Å². The number of nitrogens with one attached hydrogen (secondary N) is 1. The summed E-state index contributed by atoms with van der Waals surface area (Å²) in [6.07, 6.45) is 1.60. The number of aromatic nitrogens is 3. The van der Waals surface area contributed by atoms with Gasteiger partial charge in [-0.3, -0.25) is 4.21 Å². The van der Waals surface area contributed by atoms with Gasteiger partial charge in [0.05, 0.1) is 0 Å². The summed E-state index contributed by atoms with van der Waals surface area (Å²) in [5.74, 6) is -1.24. The Bertz CT molecular complexity index is 609. The Kier molecular flexibility index (Phi) is 3.91. The summed E-state index contributed by atoms with van der Waals surface area (Å²) in [6, 6.07) is 6.99. The van der Waals surface area contributed by atoms with E-state index in [-0.39, 0.29) is 18.2 Å². The fraction of sp³-hybridized carbons (Fsp3) is 0.182. The van der Waals surface area contributed by atoms with Crippen molar-refractivity contribution in [1.29, 1.82) is 0 Å². The smallest absolute Gasteiger partial charge is 0.359 e. The van der Waals surface area contributed by atoms with Crippen molar-refractivity contribution in [3.8, 4) is 5.88 Å². The van der Waals surface area contributed by atoms with Crippen LogP contribution in [0, 0.1) is 0 Å². The Morgan fingerprint density at radius 2 is 2.11 bits per heavy atom. The van der Waals surface area contributed by atoms with Gasteiger partial charge < -0.3 is 9.84 Å². The quantitative estimate of drug-likeness (QED) is 0.840. The van der Waals surface area contributed by atoms with Crippen molar-refractivity contribution >= 4 is 16.8 Å². The predicted molar refractivity (Wildman–Crippen MR) is 66.4 cm³/mol. The minimum absolute atomic E-state index is 0.0596. The Hall–Kier alpha value is -2.22. The molecule has 1 atom stereocenters. The standard InChI is InChI=1S/C11H11N3O4S/c1-19(17)8-4-2-7(3-5-8)6-18-10-9(11(15)16)12-14-13-10/h2-5H,6H2,1H3,(H,15,16)(H,12,13,14). The van der Waals surface area contributed by atoms with E-state index >= 15 is 0 Å². The van der Waals surface area contributed by atoms with Crippen molar-refractivity contribution < 1.29 is 18.8 Å². The van der Waals surface area contributed by atoms with E-state index in [1.54, 1.807) is 30.5 Å². The molecule has 2 rings (SSSR count). The number of benzene rings is 1. The van der Waals surface area contributed by atoms with Crippen molar-refractivity contribution in [2.24, 2.45) is 0 Å². The van der Waals surface area contributed by atoms with Crippen molar-refractivity contribution in [2.75, 3.05) is 6.26 Å². The van der Waals surface area contributed by atoms with Crippen molar-refractivity contribution in [3.05, 3.63) is 35.5 Å². The van der Waals surface area contributed by atoms with Crippen LogP contribution in [-0.4, -0.2) is 37.0 Å². The van der Waals surface area contributed by atoms with Gasteiger partial charge in [0.15, 0.2) is 0 Å². The van der Waals surface area contributed by atoms with Gasteiger partial charge in [-0.2, -0.15) is 0 Å². The molecule has 2 aromatic rings. The molecular formula is C11H11N3O4S. The zero-order valence-corrected chi connectivity index (χ0v) is 10.8. The average Bonchev–Trinajstić information content (AvgIpc) is 2.85. The molecule has 8 heteroatoms. The monoisotopic (exact) mass is 281 g/mol. The highest BCUT2D eigenvalue weighted by Gasteiger charge is 2.15. The number of hydrogen-bond donors (Lipinski definition) is 2. The third kappa shape index (κ3) is 3.16. The molecule has 0 saturated carbocycles. The number of hydrogen-bond acceptors (Lipinski definition) is 5. The third-order valence-electron chi connectivity index (χ3n) is 2.36. The van der Waals surface area contributed by atoms with Crippen LogP contribution in [0.15, 0.2) is 29.2 Å². The molecule has 1 heterocycles.